The molecule has 0 aliphatic rings. The smallest absolute Gasteiger partial charge is 0.374 e. The van der Waals surface area contributed by atoms with Crippen molar-refractivity contribution in [3.05, 3.63) is 45.9 Å². The van der Waals surface area contributed by atoms with E-state index in [4.69, 9.17) is 0 Å². The number of rotatable bonds is 7. The molecule has 0 aliphatic carbocycles. The summed E-state index contributed by atoms with van der Waals surface area (Å²) in [6.07, 6.45) is -3.16. The van der Waals surface area contributed by atoms with Crippen LogP contribution in [0.5, 0.6) is 0 Å². The molecule has 0 radical (unpaired) electrons. The van der Waals surface area contributed by atoms with Crippen LogP contribution >= 0.6 is 11.3 Å². The molecule has 0 spiro atoms. The number of aromatic nitrogens is 1. The molecule has 8 heteroatoms. The summed E-state index contributed by atoms with van der Waals surface area (Å²) in [5.74, 6) is -0.931. The number of carbonyl (C=O) groups is 1. The fourth-order valence-electron chi connectivity index (χ4n) is 2.41. The van der Waals surface area contributed by atoms with Gasteiger partial charge in [0, 0.05) is 16.8 Å². The summed E-state index contributed by atoms with van der Waals surface area (Å²) in [7, 11) is 0. The van der Waals surface area contributed by atoms with E-state index in [1.807, 2.05) is 12.1 Å². The van der Waals surface area contributed by atoms with Gasteiger partial charge in [-0.25, -0.2) is 4.98 Å². The minimum atomic E-state index is -5.02. The minimum absolute atomic E-state index is 0.357. The van der Waals surface area contributed by atoms with E-state index in [0.29, 0.717) is 22.7 Å². The van der Waals surface area contributed by atoms with E-state index in [9.17, 15) is 23.1 Å². The van der Waals surface area contributed by atoms with E-state index in [1.54, 1.807) is 12.1 Å². The Labute approximate surface area is 154 Å². The highest BCUT2D eigenvalue weighted by Crippen LogP contribution is 2.42. The normalized spacial score (nSPS) is 14.1. The molecule has 0 fully saturated rings. The van der Waals surface area contributed by atoms with Crippen LogP contribution in [0.2, 0.25) is 0 Å². The highest BCUT2D eigenvalue weighted by molar-refractivity contribution is 7.09. The lowest BCUT2D eigenvalue weighted by Gasteiger charge is -2.27. The standard InChI is InChI=1S/C18H21F3N2O2S/c1-3-4-5-13-6-8-14(9-7-13)23-15(24)10-17(25,18(19,20)21)16-22-12(2)11-26-16/h6-9,11,25H,3-5,10H2,1-2H3,(H,23,24)/t17-/m1/s1. The summed E-state index contributed by atoms with van der Waals surface area (Å²) < 4.78 is 40.2. The van der Waals surface area contributed by atoms with Crippen LogP contribution in [-0.4, -0.2) is 22.2 Å². The number of amides is 1. The number of halogens is 3. The lowest BCUT2D eigenvalue weighted by atomic mass is 9.99. The number of benzene rings is 1. The fourth-order valence-corrected chi connectivity index (χ4v) is 3.33. The van der Waals surface area contributed by atoms with Gasteiger partial charge < -0.3 is 10.4 Å². The van der Waals surface area contributed by atoms with Crippen LogP contribution in [-0.2, 0) is 16.8 Å². The second kappa shape index (κ2) is 8.18. The molecule has 4 nitrogen and oxygen atoms in total. The molecule has 2 rings (SSSR count). The van der Waals surface area contributed by atoms with Gasteiger partial charge in [0.25, 0.3) is 0 Å². The maximum absolute atomic E-state index is 13.4. The second-order valence-electron chi connectivity index (χ2n) is 6.18. The van der Waals surface area contributed by atoms with Crippen molar-refractivity contribution in [2.75, 3.05) is 5.32 Å². The molecule has 0 aliphatic heterocycles. The predicted molar refractivity (Wildman–Crippen MR) is 95.1 cm³/mol. The lowest BCUT2D eigenvalue weighted by Crippen LogP contribution is -2.45. The molecule has 0 bridgehead atoms. The van der Waals surface area contributed by atoms with Crippen LogP contribution < -0.4 is 5.32 Å². The molecule has 1 amide bonds. The van der Waals surface area contributed by atoms with Crippen LogP contribution in [0.4, 0.5) is 18.9 Å². The number of carbonyl (C=O) groups excluding carboxylic acids is 1. The quantitative estimate of drug-likeness (QED) is 0.733. The van der Waals surface area contributed by atoms with Crippen molar-refractivity contribution in [1.29, 1.82) is 0 Å². The van der Waals surface area contributed by atoms with Crippen molar-refractivity contribution in [3.63, 3.8) is 0 Å². The maximum atomic E-state index is 13.4. The number of thiazole rings is 1. The van der Waals surface area contributed by atoms with E-state index in [2.05, 4.69) is 17.2 Å². The number of aryl methyl sites for hydroxylation is 2. The number of anilines is 1. The van der Waals surface area contributed by atoms with Gasteiger partial charge in [-0.15, -0.1) is 11.3 Å². The van der Waals surface area contributed by atoms with Crippen LogP contribution in [0, 0.1) is 6.92 Å². The third kappa shape index (κ3) is 4.82. The first-order chi connectivity index (χ1) is 12.2. The van der Waals surface area contributed by atoms with E-state index in [-0.39, 0.29) is 0 Å². The Kier molecular flexibility index (Phi) is 6.41. The van der Waals surface area contributed by atoms with E-state index in [1.165, 1.54) is 12.3 Å². The number of aliphatic hydroxyl groups is 1. The van der Waals surface area contributed by atoms with Crippen molar-refractivity contribution in [1.82, 2.24) is 4.98 Å². The Bertz CT molecular complexity index is 744. The Balaban J connectivity index is 2.10. The van der Waals surface area contributed by atoms with Crippen molar-refractivity contribution >= 4 is 22.9 Å². The third-order valence-corrected chi connectivity index (χ3v) is 5.03. The molecule has 26 heavy (non-hydrogen) atoms. The van der Waals surface area contributed by atoms with Crippen LogP contribution in [0.1, 0.15) is 42.5 Å². The fraction of sp³-hybridized carbons (Fsp3) is 0.444. The molecule has 1 aromatic heterocycles. The van der Waals surface area contributed by atoms with Gasteiger partial charge in [-0.1, -0.05) is 25.5 Å². The van der Waals surface area contributed by atoms with Gasteiger partial charge in [-0.2, -0.15) is 13.2 Å². The number of hydrogen-bond acceptors (Lipinski definition) is 4. The topological polar surface area (TPSA) is 62.2 Å². The lowest BCUT2D eigenvalue weighted by molar-refractivity contribution is -0.266. The molecule has 1 heterocycles. The van der Waals surface area contributed by atoms with E-state index in [0.717, 1.165) is 24.8 Å². The SMILES string of the molecule is CCCCc1ccc(NC(=O)C[C@@](O)(c2nc(C)cs2)C(F)(F)F)cc1. The van der Waals surface area contributed by atoms with Gasteiger partial charge in [0.1, 0.15) is 5.01 Å². The Morgan fingerprint density at radius 3 is 2.42 bits per heavy atom. The van der Waals surface area contributed by atoms with Crippen molar-refractivity contribution in [2.24, 2.45) is 0 Å². The van der Waals surface area contributed by atoms with Gasteiger partial charge in [0.15, 0.2) is 0 Å². The molecule has 0 unspecified atom stereocenters. The minimum Gasteiger partial charge on any atom is -0.374 e. The average Bonchev–Trinajstić information content (AvgIpc) is 3.00. The van der Waals surface area contributed by atoms with E-state index < -0.39 is 29.1 Å². The summed E-state index contributed by atoms with van der Waals surface area (Å²) in [5, 5.41) is 13.5. The molecule has 0 saturated heterocycles. The maximum Gasteiger partial charge on any atom is 0.424 e. The molecule has 1 aromatic carbocycles. The molecule has 1 atom stereocenters. The summed E-state index contributed by atoms with van der Waals surface area (Å²) >= 11 is 0.680. The number of unbranched alkanes of at least 4 members (excludes halogenated alkanes) is 1. The van der Waals surface area contributed by atoms with E-state index >= 15 is 0 Å². The van der Waals surface area contributed by atoms with Crippen LogP contribution in [0.25, 0.3) is 0 Å². The predicted octanol–water partition coefficient (Wildman–Crippen LogP) is 4.57. The zero-order valence-corrected chi connectivity index (χ0v) is 15.4. The summed E-state index contributed by atoms with van der Waals surface area (Å²) in [6, 6.07) is 6.93. The molecule has 2 N–H and O–H groups in total. The zero-order valence-electron chi connectivity index (χ0n) is 14.6. The van der Waals surface area contributed by atoms with Crippen LogP contribution in [0.3, 0.4) is 0 Å². The van der Waals surface area contributed by atoms with Crippen molar-refractivity contribution in [3.8, 4) is 0 Å². The highest BCUT2D eigenvalue weighted by atomic mass is 32.1. The Hall–Kier alpha value is -1.93. The number of nitrogens with zero attached hydrogens (tertiary/aromatic N) is 1. The van der Waals surface area contributed by atoms with Gasteiger partial charge >= 0.3 is 6.18 Å². The van der Waals surface area contributed by atoms with Crippen LogP contribution in [0.15, 0.2) is 29.6 Å². The molecular formula is C18H21F3N2O2S. The van der Waals surface area contributed by atoms with Crippen molar-refractivity contribution < 1.29 is 23.1 Å². The number of hydrogen-bond donors (Lipinski definition) is 2. The summed E-state index contributed by atoms with van der Waals surface area (Å²) in [6.45, 7) is 3.61. The first-order valence-electron chi connectivity index (χ1n) is 8.26. The molecular weight excluding hydrogens is 365 g/mol. The number of nitrogens with one attached hydrogen (secondary N) is 1. The Morgan fingerprint density at radius 1 is 1.27 bits per heavy atom. The molecule has 2 aromatic rings. The second-order valence-corrected chi connectivity index (χ2v) is 7.04. The van der Waals surface area contributed by atoms with Gasteiger partial charge in [0.05, 0.1) is 6.42 Å². The average molecular weight is 386 g/mol. The first-order valence-corrected chi connectivity index (χ1v) is 9.14. The molecule has 0 saturated carbocycles. The Morgan fingerprint density at radius 2 is 1.92 bits per heavy atom. The summed E-state index contributed by atoms with van der Waals surface area (Å²) in [5.41, 5.74) is -1.47. The monoisotopic (exact) mass is 386 g/mol. The zero-order chi connectivity index (χ0) is 19.4. The van der Waals surface area contributed by atoms with Gasteiger partial charge in [0.2, 0.25) is 11.5 Å². The summed E-state index contributed by atoms with van der Waals surface area (Å²) in [4.78, 5) is 15.8. The third-order valence-electron chi connectivity index (χ3n) is 3.91. The highest BCUT2D eigenvalue weighted by Gasteiger charge is 2.58. The van der Waals surface area contributed by atoms with Crippen molar-refractivity contribution in [2.45, 2.75) is 51.3 Å². The first kappa shape index (κ1) is 20.4. The van der Waals surface area contributed by atoms with Gasteiger partial charge in [-0.3, -0.25) is 4.79 Å². The molecule has 142 valence electrons. The largest absolute Gasteiger partial charge is 0.424 e. The number of alkyl halides is 3. The van der Waals surface area contributed by atoms with Gasteiger partial charge in [-0.05, 0) is 37.5 Å².